The molecule has 1 rings (SSSR count). The van der Waals surface area contributed by atoms with Crippen LogP contribution in [0, 0.1) is 0 Å². The smallest absolute Gasteiger partial charge is 0.328 e. The van der Waals surface area contributed by atoms with Gasteiger partial charge in [-0.15, -0.1) is 0 Å². The fourth-order valence-electron chi connectivity index (χ4n) is 1.52. The molecule has 1 aromatic carbocycles. The van der Waals surface area contributed by atoms with E-state index in [1.165, 1.54) is 0 Å². The Balaban J connectivity index is 2.62. The summed E-state index contributed by atoms with van der Waals surface area (Å²) in [5.74, 6) is -0.949. The number of benzene rings is 1. The Labute approximate surface area is 107 Å². The predicted molar refractivity (Wildman–Crippen MR) is 69.2 cm³/mol. The molecule has 0 fully saturated rings. The van der Waals surface area contributed by atoms with Crippen molar-refractivity contribution in [1.29, 1.82) is 0 Å². The van der Waals surface area contributed by atoms with Crippen LogP contribution in [0.15, 0.2) is 30.3 Å². The minimum atomic E-state index is -0.949. The lowest BCUT2D eigenvalue weighted by Crippen LogP contribution is -2.18. The second-order valence-corrected chi connectivity index (χ2v) is 3.74. The maximum atomic E-state index is 10.4. The van der Waals surface area contributed by atoms with Crippen LogP contribution in [-0.4, -0.2) is 31.1 Å². The van der Waals surface area contributed by atoms with Crippen LogP contribution < -0.4 is 0 Å². The van der Waals surface area contributed by atoms with Crippen molar-refractivity contribution in [2.75, 3.05) is 13.7 Å². The van der Waals surface area contributed by atoms with Gasteiger partial charge in [0.2, 0.25) is 0 Å². The van der Waals surface area contributed by atoms with Gasteiger partial charge in [-0.1, -0.05) is 24.3 Å². The van der Waals surface area contributed by atoms with Crippen molar-refractivity contribution in [2.24, 2.45) is 0 Å². The summed E-state index contributed by atoms with van der Waals surface area (Å²) in [6.45, 7) is 2.53. The highest BCUT2D eigenvalue weighted by molar-refractivity contribution is 5.85. The Morgan fingerprint density at radius 3 is 2.56 bits per heavy atom. The molecule has 1 N–H and O–H groups in total. The lowest BCUT2D eigenvalue weighted by Gasteiger charge is -2.15. The Kier molecular flexibility index (Phi) is 6.11. The molecular weight excluding hydrogens is 232 g/mol. The van der Waals surface area contributed by atoms with E-state index in [2.05, 4.69) is 0 Å². The van der Waals surface area contributed by atoms with Gasteiger partial charge in [-0.05, 0) is 24.1 Å². The van der Waals surface area contributed by atoms with E-state index < -0.39 is 5.97 Å². The van der Waals surface area contributed by atoms with Crippen molar-refractivity contribution in [2.45, 2.75) is 19.6 Å². The number of rotatable bonds is 7. The maximum Gasteiger partial charge on any atom is 0.328 e. The first-order chi connectivity index (χ1) is 8.65. The summed E-state index contributed by atoms with van der Waals surface area (Å²) in [6, 6.07) is 7.61. The van der Waals surface area contributed by atoms with Gasteiger partial charge in [-0.25, -0.2) is 4.79 Å². The molecule has 98 valence electrons. The molecule has 0 bridgehead atoms. The molecule has 4 nitrogen and oxygen atoms in total. The normalized spacial score (nSPS) is 12.8. The molecule has 0 aliphatic heterocycles. The van der Waals surface area contributed by atoms with E-state index in [4.69, 9.17) is 14.6 Å². The average Bonchev–Trinajstić information content (AvgIpc) is 2.37. The van der Waals surface area contributed by atoms with Crippen molar-refractivity contribution in [3.63, 3.8) is 0 Å². The molecule has 0 spiro atoms. The summed E-state index contributed by atoms with van der Waals surface area (Å²) in [4.78, 5) is 10.4. The van der Waals surface area contributed by atoms with Gasteiger partial charge in [0, 0.05) is 26.2 Å². The highest BCUT2D eigenvalue weighted by Gasteiger charge is 2.07. The van der Waals surface area contributed by atoms with E-state index in [0.29, 0.717) is 13.0 Å². The van der Waals surface area contributed by atoms with Crippen LogP contribution in [-0.2, 0) is 20.7 Å². The van der Waals surface area contributed by atoms with Gasteiger partial charge >= 0.3 is 5.97 Å². The minimum Gasteiger partial charge on any atom is -0.478 e. The summed E-state index contributed by atoms with van der Waals surface area (Å²) in [5.41, 5.74) is 1.94. The maximum absolute atomic E-state index is 10.4. The molecule has 0 aromatic heterocycles. The molecule has 1 unspecified atom stereocenters. The van der Waals surface area contributed by atoms with E-state index in [0.717, 1.165) is 17.2 Å². The van der Waals surface area contributed by atoms with E-state index in [1.807, 2.05) is 31.2 Å². The Morgan fingerprint density at radius 2 is 2.06 bits per heavy atom. The molecule has 1 aromatic rings. The van der Waals surface area contributed by atoms with Crippen molar-refractivity contribution in [1.82, 2.24) is 0 Å². The van der Waals surface area contributed by atoms with Crippen LogP contribution in [0.5, 0.6) is 0 Å². The number of carbonyl (C=O) groups is 1. The lowest BCUT2D eigenvalue weighted by molar-refractivity contribution is -0.131. The summed E-state index contributed by atoms with van der Waals surface area (Å²) in [6.07, 6.45) is 3.11. The molecule has 0 saturated carbocycles. The SMILES string of the molecule is CCOC(Cc1ccc(/C=C/C(=O)O)cc1)OC. The molecule has 0 amide bonds. The summed E-state index contributed by atoms with van der Waals surface area (Å²) in [5, 5.41) is 8.52. The highest BCUT2D eigenvalue weighted by atomic mass is 16.7. The van der Waals surface area contributed by atoms with Crippen molar-refractivity contribution in [3.05, 3.63) is 41.5 Å². The Hall–Kier alpha value is -1.65. The molecule has 0 saturated heterocycles. The van der Waals surface area contributed by atoms with Crippen molar-refractivity contribution in [3.8, 4) is 0 Å². The zero-order valence-electron chi connectivity index (χ0n) is 10.6. The standard InChI is InChI=1S/C14H18O4/c1-3-18-14(17-2)10-12-6-4-11(5-7-12)8-9-13(15)16/h4-9,14H,3,10H2,1-2H3,(H,15,16)/b9-8+. The Bertz CT molecular complexity index is 395. The second kappa shape index (κ2) is 7.63. The second-order valence-electron chi connectivity index (χ2n) is 3.74. The monoisotopic (exact) mass is 250 g/mol. The third-order valence-electron chi connectivity index (χ3n) is 2.42. The molecular formula is C14H18O4. The molecule has 18 heavy (non-hydrogen) atoms. The summed E-state index contributed by atoms with van der Waals surface area (Å²) in [7, 11) is 1.62. The third-order valence-corrected chi connectivity index (χ3v) is 2.42. The van der Waals surface area contributed by atoms with Crippen LogP contribution in [0.25, 0.3) is 6.08 Å². The average molecular weight is 250 g/mol. The minimum absolute atomic E-state index is 0.240. The van der Waals surface area contributed by atoms with Gasteiger partial charge in [0.15, 0.2) is 6.29 Å². The molecule has 0 aliphatic rings. The quantitative estimate of drug-likeness (QED) is 0.596. The molecule has 0 aliphatic carbocycles. The number of hydrogen-bond donors (Lipinski definition) is 1. The van der Waals surface area contributed by atoms with Gasteiger partial charge in [0.1, 0.15) is 0 Å². The van der Waals surface area contributed by atoms with Gasteiger partial charge in [0.25, 0.3) is 0 Å². The largest absolute Gasteiger partial charge is 0.478 e. The lowest BCUT2D eigenvalue weighted by atomic mass is 10.1. The molecule has 0 heterocycles. The fourth-order valence-corrected chi connectivity index (χ4v) is 1.52. The molecule has 4 heteroatoms. The van der Waals surface area contributed by atoms with E-state index in [1.54, 1.807) is 13.2 Å². The number of carboxylic acid groups (broad SMARTS) is 1. The zero-order valence-corrected chi connectivity index (χ0v) is 10.6. The number of methoxy groups -OCH3 is 1. The Morgan fingerprint density at radius 1 is 1.39 bits per heavy atom. The fraction of sp³-hybridized carbons (Fsp3) is 0.357. The third kappa shape index (κ3) is 5.12. The van der Waals surface area contributed by atoms with E-state index in [9.17, 15) is 4.79 Å². The van der Waals surface area contributed by atoms with Crippen LogP contribution >= 0.6 is 0 Å². The van der Waals surface area contributed by atoms with Crippen molar-refractivity contribution < 1.29 is 19.4 Å². The first-order valence-electron chi connectivity index (χ1n) is 5.80. The van der Waals surface area contributed by atoms with E-state index in [-0.39, 0.29) is 6.29 Å². The highest BCUT2D eigenvalue weighted by Crippen LogP contribution is 2.10. The van der Waals surface area contributed by atoms with Crippen LogP contribution in [0.3, 0.4) is 0 Å². The van der Waals surface area contributed by atoms with Gasteiger partial charge < -0.3 is 14.6 Å². The topological polar surface area (TPSA) is 55.8 Å². The number of hydrogen-bond acceptors (Lipinski definition) is 3. The van der Waals surface area contributed by atoms with E-state index >= 15 is 0 Å². The van der Waals surface area contributed by atoms with Crippen LogP contribution in [0.2, 0.25) is 0 Å². The van der Waals surface area contributed by atoms with Gasteiger partial charge in [-0.3, -0.25) is 0 Å². The first-order valence-corrected chi connectivity index (χ1v) is 5.80. The zero-order chi connectivity index (χ0) is 13.4. The summed E-state index contributed by atoms with van der Waals surface area (Å²) >= 11 is 0. The van der Waals surface area contributed by atoms with Crippen molar-refractivity contribution >= 4 is 12.0 Å². The molecule has 1 atom stereocenters. The van der Waals surface area contributed by atoms with Crippen LogP contribution in [0.4, 0.5) is 0 Å². The number of ether oxygens (including phenoxy) is 2. The first kappa shape index (κ1) is 14.4. The summed E-state index contributed by atoms with van der Waals surface area (Å²) < 4.78 is 10.6. The van der Waals surface area contributed by atoms with Crippen LogP contribution in [0.1, 0.15) is 18.1 Å². The number of aliphatic carboxylic acids is 1. The predicted octanol–water partition coefficient (Wildman–Crippen LogP) is 2.34. The van der Waals surface area contributed by atoms with Gasteiger partial charge in [-0.2, -0.15) is 0 Å². The van der Waals surface area contributed by atoms with Gasteiger partial charge in [0.05, 0.1) is 0 Å². The molecule has 0 radical (unpaired) electrons. The number of carboxylic acids is 1.